The van der Waals surface area contributed by atoms with Crippen molar-refractivity contribution >= 4 is 16.7 Å². The Balaban J connectivity index is 3.78. The molecule has 0 aromatic carbocycles. The second-order valence-electron chi connectivity index (χ2n) is 4.92. The molecule has 0 aliphatic heterocycles. The number of carbonyl (C=O) groups excluding carboxylic acids is 1. The van der Waals surface area contributed by atoms with E-state index in [0.29, 0.717) is 24.6 Å². The highest BCUT2D eigenvalue weighted by Gasteiger charge is 2.11. The van der Waals surface area contributed by atoms with Gasteiger partial charge >= 0.3 is 0 Å². The number of hydrogen-bond acceptors (Lipinski definition) is 3. The summed E-state index contributed by atoms with van der Waals surface area (Å²) in [6, 6.07) is 0.107. The lowest BCUT2D eigenvalue weighted by Crippen LogP contribution is -2.33. The molecule has 0 saturated carbocycles. The van der Waals surface area contributed by atoms with Crippen LogP contribution in [0.3, 0.4) is 0 Å². The summed E-state index contributed by atoms with van der Waals surface area (Å²) in [5, 5.41) is 2.95. The molecular formula is C13H28N2O2S. The number of amides is 1. The molecule has 0 radical (unpaired) electrons. The van der Waals surface area contributed by atoms with Crippen LogP contribution in [0.4, 0.5) is 0 Å². The second-order valence-corrected chi connectivity index (χ2v) is 6.48. The summed E-state index contributed by atoms with van der Waals surface area (Å²) in [5.41, 5.74) is 5.53. The van der Waals surface area contributed by atoms with Gasteiger partial charge < -0.3 is 11.1 Å². The first-order valence-corrected chi connectivity index (χ1v) is 8.51. The Kier molecular flexibility index (Phi) is 10.3. The van der Waals surface area contributed by atoms with Crippen molar-refractivity contribution in [3.05, 3.63) is 0 Å². The molecule has 18 heavy (non-hydrogen) atoms. The van der Waals surface area contributed by atoms with Gasteiger partial charge in [-0.1, -0.05) is 13.3 Å². The largest absolute Gasteiger partial charge is 0.354 e. The maximum atomic E-state index is 11.7. The van der Waals surface area contributed by atoms with Crippen LogP contribution in [-0.4, -0.2) is 34.7 Å². The summed E-state index contributed by atoms with van der Waals surface area (Å²) in [7, 11) is -0.781. The highest BCUT2D eigenvalue weighted by molar-refractivity contribution is 7.84. The molecule has 0 aliphatic rings. The molecule has 0 rings (SSSR count). The monoisotopic (exact) mass is 276 g/mol. The zero-order chi connectivity index (χ0) is 14.0. The van der Waals surface area contributed by atoms with Gasteiger partial charge in [-0.05, 0) is 38.6 Å². The quantitative estimate of drug-likeness (QED) is 0.634. The van der Waals surface area contributed by atoms with Gasteiger partial charge in [-0.2, -0.15) is 0 Å². The number of nitrogens with two attached hydrogens (primary N) is 1. The lowest BCUT2D eigenvalue weighted by atomic mass is 9.96. The van der Waals surface area contributed by atoms with Crippen LogP contribution in [0.25, 0.3) is 0 Å². The van der Waals surface area contributed by atoms with Crippen LogP contribution in [0.2, 0.25) is 0 Å². The molecule has 3 atom stereocenters. The van der Waals surface area contributed by atoms with E-state index in [1.54, 1.807) is 6.26 Å². The topological polar surface area (TPSA) is 72.2 Å². The number of hydrogen-bond donors (Lipinski definition) is 2. The second kappa shape index (κ2) is 10.5. The number of carbonyl (C=O) groups is 1. The van der Waals surface area contributed by atoms with Crippen molar-refractivity contribution in [3.8, 4) is 0 Å². The van der Waals surface area contributed by atoms with E-state index in [-0.39, 0.29) is 11.9 Å². The van der Waals surface area contributed by atoms with E-state index in [2.05, 4.69) is 12.2 Å². The number of nitrogens with one attached hydrogen (secondary N) is 1. The van der Waals surface area contributed by atoms with Gasteiger partial charge in [-0.25, -0.2) is 0 Å². The maximum Gasteiger partial charge on any atom is 0.220 e. The van der Waals surface area contributed by atoms with Gasteiger partial charge in [0.15, 0.2) is 0 Å². The maximum absolute atomic E-state index is 11.7. The lowest BCUT2D eigenvalue weighted by Gasteiger charge is -2.16. The first kappa shape index (κ1) is 17.6. The Labute approximate surface area is 114 Å². The summed E-state index contributed by atoms with van der Waals surface area (Å²) >= 11 is 0. The van der Waals surface area contributed by atoms with Crippen molar-refractivity contribution in [1.82, 2.24) is 5.32 Å². The van der Waals surface area contributed by atoms with Gasteiger partial charge in [-0.15, -0.1) is 0 Å². The standard InChI is InChI=1S/C13H28N2O2S/c1-4-12(7-9-14)5-6-13(16)15-11(2)8-10-18(3)17/h11-12H,4-10,14H2,1-3H3,(H,15,16). The van der Waals surface area contributed by atoms with Crippen molar-refractivity contribution in [2.24, 2.45) is 11.7 Å². The molecule has 0 aromatic rings. The van der Waals surface area contributed by atoms with Crippen LogP contribution in [-0.2, 0) is 15.6 Å². The third kappa shape index (κ3) is 9.59. The third-order valence-electron chi connectivity index (χ3n) is 3.18. The molecule has 0 aliphatic carbocycles. The Morgan fingerprint density at radius 2 is 2.00 bits per heavy atom. The minimum Gasteiger partial charge on any atom is -0.354 e. The van der Waals surface area contributed by atoms with E-state index in [1.807, 2.05) is 6.92 Å². The summed E-state index contributed by atoms with van der Waals surface area (Å²) in [5.74, 6) is 1.30. The van der Waals surface area contributed by atoms with Crippen LogP contribution >= 0.6 is 0 Å². The molecule has 0 fully saturated rings. The van der Waals surface area contributed by atoms with Crippen molar-refractivity contribution in [2.45, 2.75) is 52.0 Å². The third-order valence-corrected chi connectivity index (χ3v) is 3.99. The highest BCUT2D eigenvalue weighted by Crippen LogP contribution is 2.14. The molecule has 0 bridgehead atoms. The fraction of sp³-hybridized carbons (Fsp3) is 0.923. The summed E-state index contributed by atoms with van der Waals surface area (Å²) in [6.45, 7) is 4.79. The molecule has 5 heteroatoms. The first-order chi connectivity index (χ1) is 8.49. The molecule has 3 unspecified atom stereocenters. The Bertz CT molecular complexity index is 259. The average Bonchev–Trinajstić information content (AvgIpc) is 2.31. The molecular weight excluding hydrogens is 248 g/mol. The van der Waals surface area contributed by atoms with Crippen LogP contribution in [0.5, 0.6) is 0 Å². The normalized spacial score (nSPS) is 16.0. The van der Waals surface area contributed by atoms with Crippen molar-refractivity contribution in [2.75, 3.05) is 18.6 Å². The van der Waals surface area contributed by atoms with Crippen LogP contribution < -0.4 is 11.1 Å². The van der Waals surface area contributed by atoms with E-state index in [9.17, 15) is 9.00 Å². The molecule has 0 spiro atoms. The number of rotatable bonds is 10. The van der Waals surface area contributed by atoms with Crippen LogP contribution in [0, 0.1) is 5.92 Å². The summed E-state index contributed by atoms with van der Waals surface area (Å²) in [4.78, 5) is 11.7. The van der Waals surface area contributed by atoms with Gasteiger partial charge in [0, 0.05) is 35.3 Å². The predicted octanol–water partition coefficient (Wildman–Crippen LogP) is 1.41. The molecule has 0 aromatic heterocycles. The SMILES string of the molecule is CCC(CCN)CCC(=O)NC(C)CCS(C)=O. The molecule has 4 nitrogen and oxygen atoms in total. The summed E-state index contributed by atoms with van der Waals surface area (Å²) < 4.78 is 10.9. The first-order valence-electron chi connectivity index (χ1n) is 6.79. The van der Waals surface area contributed by atoms with E-state index in [1.165, 1.54) is 0 Å². The fourth-order valence-electron chi connectivity index (χ4n) is 1.89. The Hall–Kier alpha value is -0.420. The van der Waals surface area contributed by atoms with E-state index >= 15 is 0 Å². The minimum atomic E-state index is -0.781. The zero-order valence-electron chi connectivity index (χ0n) is 11.9. The summed E-state index contributed by atoms with van der Waals surface area (Å²) in [6.07, 6.45) is 6.01. The molecule has 1 amide bonds. The van der Waals surface area contributed by atoms with Crippen LogP contribution in [0.1, 0.15) is 46.0 Å². The molecule has 3 N–H and O–H groups in total. The molecule has 108 valence electrons. The van der Waals surface area contributed by atoms with E-state index in [0.717, 1.165) is 25.7 Å². The Morgan fingerprint density at radius 1 is 1.33 bits per heavy atom. The van der Waals surface area contributed by atoms with E-state index in [4.69, 9.17) is 5.73 Å². The van der Waals surface area contributed by atoms with Crippen molar-refractivity contribution in [1.29, 1.82) is 0 Å². The molecule has 0 saturated heterocycles. The lowest BCUT2D eigenvalue weighted by molar-refractivity contribution is -0.122. The fourth-order valence-corrected chi connectivity index (χ4v) is 2.57. The van der Waals surface area contributed by atoms with Gasteiger partial charge in [-0.3, -0.25) is 9.00 Å². The zero-order valence-corrected chi connectivity index (χ0v) is 12.7. The average molecular weight is 276 g/mol. The van der Waals surface area contributed by atoms with Gasteiger partial charge in [0.05, 0.1) is 0 Å². The predicted molar refractivity (Wildman–Crippen MR) is 77.8 cm³/mol. The minimum absolute atomic E-state index is 0.0971. The molecule has 0 heterocycles. The van der Waals surface area contributed by atoms with Crippen molar-refractivity contribution < 1.29 is 9.00 Å². The Morgan fingerprint density at radius 3 is 2.50 bits per heavy atom. The van der Waals surface area contributed by atoms with Crippen LogP contribution in [0.15, 0.2) is 0 Å². The van der Waals surface area contributed by atoms with Crippen molar-refractivity contribution in [3.63, 3.8) is 0 Å². The van der Waals surface area contributed by atoms with Gasteiger partial charge in [0.1, 0.15) is 0 Å². The highest BCUT2D eigenvalue weighted by atomic mass is 32.2. The van der Waals surface area contributed by atoms with E-state index < -0.39 is 10.8 Å². The van der Waals surface area contributed by atoms with Gasteiger partial charge in [0.2, 0.25) is 5.91 Å². The van der Waals surface area contributed by atoms with Gasteiger partial charge in [0.25, 0.3) is 0 Å². The smallest absolute Gasteiger partial charge is 0.220 e.